The molecule has 0 bridgehead atoms. The zero-order valence-corrected chi connectivity index (χ0v) is 13.7. The van der Waals surface area contributed by atoms with Crippen LogP contribution in [0, 0.1) is 5.82 Å². The molecule has 1 aliphatic rings. The van der Waals surface area contributed by atoms with Gasteiger partial charge in [-0.1, -0.05) is 12.1 Å². The summed E-state index contributed by atoms with van der Waals surface area (Å²) in [6.45, 7) is 8.62. The van der Waals surface area contributed by atoms with Crippen molar-refractivity contribution in [3.05, 3.63) is 41.7 Å². The standard InChI is InChI=1S/C18H25FN2O/c1-17(2)11-15(12-18(3,4)21-17)20-16(22)10-7-13-5-8-14(19)9-6-13/h5-10,15,21H,11-12H2,1-4H3,(H,20,22). The number of carbonyl (C=O) groups excluding carboxylic acids is 1. The van der Waals surface area contributed by atoms with E-state index in [-0.39, 0.29) is 28.8 Å². The molecule has 4 heteroatoms. The van der Waals surface area contributed by atoms with Gasteiger partial charge in [-0.15, -0.1) is 0 Å². The minimum atomic E-state index is -0.277. The van der Waals surface area contributed by atoms with Crippen molar-refractivity contribution in [3.8, 4) is 0 Å². The molecule has 1 saturated heterocycles. The summed E-state index contributed by atoms with van der Waals surface area (Å²) in [4.78, 5) is 12.1. The Bertz CT molecular complexity index is 545. The fourth-order valence-electron chi connectivity index (χ4n) is 3.42. The Morgan fingerprint density at radius 1 is 1.18 bits per heavy atom. The number of carbonyl (C=O) groups is 1. The minimum Gasteiger partial charge on any atom is -0.350 e. The highest BCUT2D eigenvalue weighted by molar-refractivity contribution is 5.91. The molecule has 1 fully saturated rings. The van der Waals surface area contributed by atoms with Crippen molar-refractivity contribution >= 4 is 12.0 Å². The van der Waals surface area contributed by atoms with Crippen LogP contribution in [0.4, 0.5) is 4.39 Å². The van der Waals surface area contributed by atoms with Gasteiger partial charge in [-0.3, -0.25) is 4.79 Å². The smallest absolute Gasteiger partial charge is 0.244 e. The van der Waals surface area contributed by atoms with Crippen LogP contribution in [0.1, 0.15) is 46.1 Å². The van der Waals surface area contributed by atoms with Crippen LogP contribution in [0.2, 0.25) is 0 Å². The molecule has 1 amide bonds. The van der Waals surface area contributed by atoms with E-state index in [4.69, 9.17) is 0 Å². The molecule has 0 aliphatic carbocycles. The SMILES string of the molecule is CC1(C)CC(NC(=O)C=Cc2ccc(F)cc2)CC(C)(C)N1. The summed E-state index contributed by atoms with van der Waals surface area (Å²) in [5.41, 5.74) is 0.809. The lowest BCUT2D eigenvalue weighted by atomic mass is 9.79. The first-order valence-corrected chi connectivity index (χ1v) is 7.69. The maximum Gasteiger partial charge on any atom is 0.244 e. The molecule has 1 aliphatic heterocycles. The van der Waals surface area contributed by atoms with Crippen LogP contribution in [-0.2, 0) is 4.79 Å². The monoisotopic (exact) mass is 304 g/mol. The molecule has 0 radical (unpaired) electrons. The van der Waals surface area contributed by atoms with Crippen molar-refractivity contribution in [1.82, 2.24) is 10.6 Å². The number of benzene rings is 1. The maximum absolute atomic E-state index is 12.8. The molecule has 2 N–H and O–H groups in total. The fourth-order valence-corrected chi connectivity index (χ4v) is 3.42. The molecule has 0 saturated carbocycles. The maximum atomic E-state index is 12.8. The van der Waals surface area contributed by atoms with Gasteiger partial charge in [0.05, 0.1) is 0 Å². The molecule has 120 valence electrons. The van der Waals surface area contributed by atoms with Gasteiger partial charge in [-0.2, -0.15) is 0 Å². The minimum absolute atomic E-state index is 0.000365. The topological polar surface area (TPSA) is 41.1 Å². The van der Waals surface area contributed by atoms with Crippen LogP contribution in [0.25, 0.3) is 6.08 Å². The summed E-state index contributed by atoms with van der Waals surface area (Å²) in [7, 11) is 0. The number of hydrogen-bond donors (Lipinski definition) is 2. The Balaban J connectivity index is 1.95. The van der Waals surface area contributed by atoms with Crippen LogP contribution in [0.3, 0.4) is 0 Å². The lowest BCUT2D eigenvalue weighted by molar-refractivity contribution is -0.117. The normalized spacial score (nSPS) is 21.0. The third-order valence-corrected chi connectivity index (χ3v) is 3.83. The average molecular weight is 304 g/mol. The number of halogens is 1. The molecule has 0 unspecified atom stereocenters. The Morgan fingerprint density at radius 2 is 1.73 bits per heavy atom. The van der Waals surface area contributed by atoms with Gasteiger partial charge in [-0.05, 0) is 64.3 Å². The van der Waals surface area contributed by atoms with Gasteiger partial charge in [0.1, 0.15) is 5.82 Å². The Labute approximate surface area is 132 Å². The number of piperidine rings is 1. The van der Waals surface area contributed by atoms with E-state index in [1.165, 1.54) is 18.2 Å². The molecule has 0 aromatic heterocycles. The van der Waals surface area contributed by atoms with Crippen LogP contribution in [-0.4, -0.2) is 23.0 Å². The largest absolute Gasteiger partial charge is 0.350 e. The van der Waals surface area contributed by atoms with Gasteiger partial charge in [0.15, 0.2) is 0 Å². The average Bonchev–Trinajstić information content (AvgIpc) is 2.34. The Morgan fingerprint density at radius 3 is 2.27 bits per heavy atom. The van der Waals surface area contributed by atoms with Crippen molar-refractivity contribution in [3.63, 3.8) is 0 Å². The van der Waals surface area contributed by atoms with Crippen molar-refractivity contribution < 1.29 is 9.18 Å². The number of rotatable bonds is 3. The molecule has 2 rings (SSSR count). The number of nitrogens with one attached hydrogen (secondary N) is 2. The van der Waals surface area contributed by atoms with E-state index in [1.54, 1.807) is 18.2 Å². The van der Waals surface area contributed by atoms with Gasteiger partial charge in [0.2, 0.25) is 5.91 Å². The van der Waals surface area contributed by atoms with Crippen molar-refractivity contribution in [1.29, 1.82) is 0 Å². The first-order chi connectivity index (χ1) is 10.2. The third kappa shape index (κ3) is 4.95. The van der Waals surface area contributed by atoms with Crippen molar-refractivity contribution in [2.24, 2.45) is 0 Å². The summed E-state index contributed by atoms with van der Waals surface area (Å²) in [6, 6.07) is 6.22. The molecule has 0 atom stereocenters. The molecule has 22 heavy (non-hydrogen) atoms. The van der Waals surface area contributed by atoms with Crippen LogP contribution in [0.15, 0.2) is 30.3 Å². The van der Waals surface area contributed by atoms with Gasteiger partial charge >= 0.3 is 0 Å². The highest BCUT2D eigenvalue weighted by atomic mass is 19.1. The molecule has 1 aromatic carbocycles. The molecule has 3 nitrogen and oxygen atoms in total. The van der Waals surface area contributed by atoms with Crippen molar-refractivity contribution in [2.75, 3.05) is 0 Å². The molecular formula is C18H25FN2O. The molecule has 0 spiro atoms. The van der Waals surface area contributed by atoms with E-state index >= 15 is 0 Å². The van der Waals surface area contributed by atoms with E-state index in [2.05, 4.69) is 38.3 Å². The second-order valence-corrected chi connectivity index (χ2v) is 7.39. The van der Waals surface area contributed by atoms with Gasteiger partial charge < -0.3 is 10.6 Å². The molecule has 1 heterocycles. The Hall–Kier alpha value is -1.68. The van der Waals surface area contributed by atoms with Gasteiger partial charge in [0.25, 0.3) is 0 Å². The summed E-state index contributed by atoms with van der Waals surface area (Å²) in [5, 5.41) is 6.67. The predicted molar refractivity (Wildman–Crippen MR) is 87.9 cm³/mol. The molecule has 1 aromatic rings. The lowest BCUT2D eigenvalue weighted by Gasteiger charge is -2.46. The van der Waals surface area contributed by atoms with E-state index in [1.807, 2.05) is 0 Å². The summed E-state index contributed by atoms with van der Waals surface area (Å²) in [6.07, 6.45) is 5.00. The van der Waals surface area contributed by atoms with E-state index < -0.39 is 0 Å². The van der Waals surface area contributed by atoms with Crippen molar-refractivity contribution in [2.45, 2.75) is 57.7 Å². The summed E-state index contributed by atoms with van der Waals surface area (Å²) < 4.78 is 12.8. The Kier molecular flexibility index (Phi) is 4.71. The van der Waals surface area contributed by atoms with E-state index in [9.17, 15) is 9.18 Å². The first kappa shape index (κ1) is 16.7. The zero-order chi connectivity index (χ0) is 16.4. The fraction of sp³-hybridized carbons (Fsp3) is 0.500. The second kappa shape index (κ2) is 6.21. The van der Waals surface area contributed by atoms with Gasteiger partial charge in [-0.25, -0.2) is 4.39 Å². The zero-order valence-electron chi connectivity index (χ0n) is 13.7. The van der Waals surface area contributed by atoms with Crippen LogP contribution >= 0.6 is 0 Å². The predicted octanol–water partition coefficient (Wildman–Crippen LogP) is 3.26. The summed E-state index contributed by atoms with van der Waals surface area (Å²) in [5.74, 6) is -0.386. The van der Waals surface area contributed by atoms with Gasteiger partial charge in [0, 0.05) is 23.2 Å². The first-order valence-electron chi connectivity index (χ1n) is 7.69. The lowest BCUT2D eigenvalue weighted by Crippen LogP contribution is -2.62. The summed E-state index contributed by atoms with van der Waals surface area (Å²) >= 11 is 0. The van der Waals surface area contributed by atoms with Crippen LogP contribution < -0.4 is 10.6 Å². The highest BCUT2D eigenvalue weighted by Gasteiger charge is 2.37. The quantitative estimate of drug-likeness (QED) is 0.842. The number of hydrogen-bond acceptors (Lipinski definition) is 2. The van der Waals surface area contributed by atoms with Crippen LogP contribution in [0.5, 0.6) is 0 Å². The van der Waals surface area contributed by atoms with E-state index in [0.29, 0.717) is 0 Å². The number of amides is 1. The van der Waals surface area contributed by atoms with E-state index in [0.717, 1.165) is 18.4 Å². The highest BCUT2D eigenvalue weighted by Crippen LogP contribution is 2.28. The third-order valence-electron chi connectivity index (χ3n) is 3.83. The second-order valence-electron chi connectivity index (χ2n) is 7.39. The molecular weight excluding hydrogens is 279 g/mol.